The summed E-state index contributed by atoms with van der Waals surface area (Å²) < 4.78 is 37.7. The van der Waals surface area contributed by atoms with E-state index in [2.05, 4.69) is 10.5 Å². The molecule has 0 spiro atoms. The molecule has 0 radical (unpaired) electrons. The highest BCUT2D eigenvalue weighted by Gasteiger charge is 2.33. The Morgan fingerprint density at radius 1 is 1.32 bits per heavy atom. The van der Waals surface area contributed by atoms with E-state index < -0.39 is 10.0 Å². The van der Waals surface area contributed by atoms with Gasteiger partial charge in [0, 0.05) is 39.3 Å². The Morgan fingerprint density at radius 3 is 2.60 bits per heavy atom. The minimum absolute atomic E-state index is 0.181. The van der Waals surface area contributed by atoms with Crippen LogP contribution < -0.4 is 5.32 Å². The van der Waals surface area contributed by atoms with Gasteiger partial charge in [-0.15, -0.1) is 0 Å². The second-order valence-corrected chi connectivity index (χ2v) is 8.63. The van der Waals surface area contributed by atoms with Crippen LogP contribution in [0.4, 0.5) is 0 Å². The number of nitrogens with zero attached hydrogens (tertiary/aromatic N) is 3. The van der Waals surface area contributed by atoms with Crippen molar-refractivity contribution in [3.8, 4) is 0 Å². The lowest BCUT2D eigenvalue weighted by Gasteiger charge is -2.35. The van der Waals surface area contributed by atoms with Crippen molar-refractivity contribution < 1.29 is 17.7 Å². The average Bonchev–Trinajstić information content (AvgIpc) is 3.22. The second-order valence-electron chi connectivity index (χ2n) is 6.37. The van der Waals surface area contributed by atoms with Crippen LogP contribution >= 0.6 is 12.2 Å². The summed E-state index contributed by atoms with van der Waals surface area (Å²) in [6.07, 6.45) is 2.37. The normalized spacial score (nSPS) is 22.3. The van der Waals surface area contributed by atoms with Gasteiger partial charge in [0.2, 0.25) is 10.0 Å². The van der Waals surface area contributed by atoms with Crippen molar-refractivity contribution >= 4 is 27.4 Å². The topological polar surface area (TPSA) is 87.9 Å². The molecule has 0 saturated carbocycles. The molecular weight excluding hydrogens is 364 g/mol. The number of piperazine rings is 1. The minimum atomic E-state index is -3.59. The molecule has 3 rings (SSSR count). The van der Waals surface area contributed by atoms with Crippen molar-refractivity contribution in [1.82, 2.24) is 19.7 Å². The predicted molar refractivity (Wildman–Crippen MR) is 95.9 cm³/mol. The van der Waals surface area contributed by atoms with Crippen LogP contribution in [0.2, 0.25) is 0 Å². The Hall–Kier alpha value is -1.23. The van der Waals surface area contributed by atoms with Gasteiger partial charge in [-0.25, -0.2) is 8.42 Å². The molecule has 1 atom stereocenters. The van der Waals surface area contributed by atoms with E-state index in [1.807, 2.05) is 4.90 Å². The molecule has 0 aromatic carbocycles. The molecular formula is C15H24N4O4S2. The molecule has 10 heteroatoms. The molecule has 2 fully saturated rings. The van der Waals surface area contributed by atoms with Gasteiger partial charge in [0.15, 0.2) is 10.9 Å². The average molecular weight is 389 g/mol. The number of aryl methyl sites for hydroxylation is 2. The Bertz CT molecular complexity index is 700. The van der Waals surface area contributed by atoms with Gasteiger partial charge in [0.05, 0.1) is 6.10 Å². The van der Waals surface area contributed by atoms with Crippen LogP contribution in [0.15, 0.2) is 9.42 Å². The number of rotatable bonds is 4. The molecule has 2 saturated heterocycles. The SMILES string of the molecule is Cc1noc(C)c1S(=O)(=O)N1CCN(C(=S)NC[C@H]2CCCO2)CC1. The van der Waals surface area contributed by atoms with Gasteiger partial charge in [-0.2, -0.15) is 4.31 Å². The zero-order valence-electron chi connectivity index (χ0n) is 14.5. The third-order valence-electron chi connectivity index (χ3n) is 4.60. The predicted octanol–water partition coefficient (Wildman–Crippen LogP) is 0.651. The van der Waals surface area contributed by atoms with Crippen LogP contribution in [0.5, 0.6) is 0 Å². The van der Waals surface area contributed by atoms with Gasteiger partial charge < -0.3 is 19.5 Å². The number of nitrogens with one attached hydrogen (secondary N) is 1. The van der Waals surface area contributed by atoms with E-state index in [0.29, 0.717) is 49.3 Å². The smallest absolute Gasteiger partial charge is 0.248 e. The van der Waals surface area contributed by atoms with E-state index >= 15 is 0 Å². The Labute approximate surface area is 153 Å². The molecule has 1 aromatic rings. The Kier molecular flexibility index (Phi) is 5.62. The van der Waals surface area contributed by atoms with Crippen molar-refractivity contribution in [2.24, 2.45) is 0 Å². The zero-order valence-corrected chi connectivity index (χ0v) is 16.2. The van der Waals surface area contributed by atoms with Gasteiger partial charge in [0.25, 0.3) is 0 Å². The van der Waals surface area contributed by atoms with E-state index in [1.165, 1.54) is 4.31 Å². The molecule has 140 valence electrons. The summed E-state index contributed by atoms with van der Waals surface area (Å²) in [5.74, 6) is 0.327. The molecule has 2 aliphatic rings. The van der Waals surface area contributed by atoms with Crippen molar-refractivity contribution in [1.29, 1.82) is 0 Å². The molecule has 8 nitrogen and oxygen atoms in total. The first-order valence-electron chi connectivity index (χ1n) is 8.47. The minimum Gasteiger partial charge on any atom is -0.376 e. The maximum atomic E-state index is 12.8. The number of hydrogen-bond acceptors (Lipinski definition) is 6. The number of sulfonamides is 1. The van der Waals surface area contributed by atoms with Crippen LogP contribution in [0.1, 0.15) is 24.3 Å². The van der Waals surface area contributed by atoms with E-state index in [0.717, 1.165) is 19.4 Å². The monoisotopic (exact) mass is 388 g/mol. The number of hydrogen-bond donors (Lipinski definition) is 1. The molecule has 0 bridgehead atoms. The van der Waals surface area contributed by atoms with Crippen LogP contribution in [-0.2, 0) is 14.8 Å². The molecule has 1 aromatic heterocycles. The third-order valence-corrected chi connectivity index (χ3v) is 7.14. The van der Waals surface area contributed by atoms with Crippen molar-refractivity contribution in [2.45, 2.75) is 37.7 Å². The zero-order chi connectivity index (χ0) is 18.0. The van der Waals surface area contributed by atoms with Crippen LogP contribution in [0.25, 0.3) is 0 Å². The molecule has 0 amide bonds. The summed E-state index contributed by atoms with van der Waals surface area (Å²) in [6, 6.07) is 0. The maximum Gasteiger partial charge on any atom is 0.248 e. The summed E-state index contributed by atoms with van der Waals surface area (Å²) in [6.45, 7) is 6.66. The summed E-state index contributed by atoms with van der Waals surface area (Å²) in [5.41, 5.74) is 0.397. The van der Waals surface area contributed by atoms with Crippen LogP contribution in [-0.4, -0.2) is 73.3 Å². The molecule has 0 aliphatic carbocycles. The van der Waals surface area contributed by atoms with E-state index in [9.17, 15) is 8.42 Å². The van der Waals surface area contributed by atoms with Crippen LogP contribution in [0.3, 0.4) is 0 Å². The fourth-order valence-electron chi connectivity index (χ4n) is 3.22. The number of thiocarbonyl (C=S) groups is 1. The molecule has 3 heterocycles. The summed E-state index contributed by atoms with van der Waals surface area (Å²) in [7, 11) is -3.59. The highest BCUT2D eigenvalue weighted by molar-refractivity contribution is 7.89. The third kappa shape index (κ3) is 3.97. The maximum absolute atomic E-state index is 12.8. The summed E-state index contributed by atoms with van der Waals surface area (Å²) in [4.78, 5) is 2.18. The first-order chi connectivity index (χ1) is 11.9. The highest BCUT2D eigenvalue weighted by Crippen LogP contribution is 2.24. The Balaban J connectivity index is 1.55. The first kappa shape index (κ1) is 18.6. The molecule has 25 heavy (non-hydrogen) atoms. The van der Waals surface area contributed by atoms with Gasteiger partial charge in [-0.3, -0.25) is 0 Å². The lowest BCUT2D eigenvalue weighted by Crippen LogP contribution is -2.53. The molecule has 2 aliphatic heterocycles. The van der Waals surface area contributed by atoms with Gasteiger partial charge >= 0.3 is 0 Å². The second kappa shape index (κ2) is 7.56. The van der Waals surface area contributed by atoms with Crippen LogP contribution in [0, 0.1) is 13.8 Å². The fraction of sp³-hybridized carbons (Fsp3) is 0.733. The van der Waals surface area contributed by atoms with Crippen molar-refractivity contribution in [2.75, 3.05) is 39.3 Å². The van der Waals surface area contributed by atoms with E-state index in [4.69, 9.17) is 21.5 Å². The number of aromatic nitrogens is 1. The summed E-state index contributed by atoms with van der Waals surface area (Å²) >= 11 is 5.43. The molecule has 0 unspecified atom stereocenters. The van der Waals surface area contributed by atoms with Gasteiger partial charge in [-0.1, -0.05) is 5.16 Å². The first-order valence-corrected chi connectivity index (χ1v) is 10.3. The van der Waals surface area contributed by atoms with E-state index in [-0.39, 0.29) is 11.0 Å². The van der Waals surface area contributed by atoms with E-state index in [1.54, 1.807) is 13.8 Å². The largest absolute Gasteiger partial charge is 0.376 e. The highest BCUT2D eigenvalue weighted by atomic mass is 32.2. The standard InChI is InChI=1S/C15H24N4O4S2/c1-11-14(12(2)23-17-11)25(20,21)19-7-5-18(6-8-19)15(24)16-10-13-4-3-9-22-13/h13H,3-10H2,1-2H3,(H,16,24)/t13-/m1/s1. The molecule has 1 N–H and O–H groups in total. The van der Waals surface area contributed by atoms with Crippen molar-refractivity contribution in [3.63, 3.8) is 0 Å². The lowest BCUT2D eigenvalue weighted by atomic mass is 10.2. The quantitative estimate of drug-likeness (QED) is 0.753. The fourth-order valence-corrected chi connectivity index (χ4v) is 5.20. The number of ether oxygens (including phenoxy) is 1. The Morgan fingerprint density at radius 2 is 2.04 bits per heavy atom. The van der Waals surface area contributed by atoms with Gasteiger partial charge in [0.1, 0.15) is 10.6 Å². The van der Waals surface area contributed by atoms with Crippen molar-refractivity contribution in [3.05, 3.63) is 11.5 Å². The summed E-state index contributed by atoms with van der Waals surface area (Å²) in [5, 5.41) is 7.64. The lowest BCUT2D eigenvalue weighted by molar-refractivity contribution is 0.113. The van der Waals surface area contributed by atoms with Gasteiger partial charge in [-0.05, 0) is 38.9 Å².